The molecule has 3 atom stereocenters. The number of phosphoric acid groups is 1. The predicted molar refractivity (Wildman–Crippen MR) is 254 cm³/mol. The number of hydrogen-bond acceptors (Lipinski definition) is 5. The van der Waals surface area contributed by atoms with Gasteiger partial charge in [0.05, 0.1) is 39.9 Å². The number of allylic oxidation sites excluding steroid dienone is 7. The van der Waals surface area contributed by atoms with Crippen LogP contribution in [0.15, 0.2) is 48.6 Å². The van der Waals surface area contributed by atoms with Gasteiger partial charge in [-0.15, -0.1) is 0 Å². The van der Waals surface area contributed by atoms with E-state index in [2.05, 4.69) is 55.6 Å². The van der Waals surface area contributed by atoms with Crippen LogP contribution >= 0.6 is 7.82 Å². The summed E-state index contributed by atoms with van der Waals surface area (Å²) in [7, 11) is 1.54. The molecule has 0 aliphatic heterocycles. The lowest BCUT2D eigenvalue weighted by Gasteiger charge is -2.25. The third-order valence-electron chi connectivity index (χ3n) is 10.7. The van der Waals surface area contributed by atoms with Crippen LogP contribution in [0.2, 0.25) is 0 Å². The molecule has 0 bridgehead atoms. The topological polar surface area (TPSA) is 105 Å². The van der Waals surface area contributed by atoms with Crippen LogP contribution in [-0.4, -0.2) is 73.4 Å². The van der Waals surface area contributed by atoms with Crippen molar-refractivity contribution in [3.63, 3.8) is 0 Å². The van der Waals surface area contributed by atoms with Crippen molar-refractivity contribution in [1.29, 1.82) is 0 Å². The average Bonchev–Trinajstić information content (AvgIpc) is 3.19. The summed E-state index contributed by atoms with van der Waals surface area (Å²) in [5, 5.41) is 13.8. The maximum absolute atomic E-state index is 12.9. The van der Waals surface area contributed by atoms with Crippen LogP contribution in [0.5, 0.6) is 0 Å². The lowest BCUT2D eigenvalue weighted by atomic mass is 10.0. The summed E-state index contributed by atoms with van der Waals surface area (Å²) in [6, 6.07) is -0.870. The number of carbonyl (C=O) groups is 1. The highest BCUT2D eigenvalue weighted by Crippen LogP contribution is 2.43. The molecule has 0 aromatic carbocycles. The van der Waals surface area contributed by atoms with E-state index < -0.39 is 20.0 Å². The molecule has 3 unspecified atom stereocenters. The van der Waals surface area contributed by atoms with Crippen LogP contribution in [0.25, 0.3) is 0 Å². The normalized spacial score (nSPS) is 14.6. The number of hydrogen-bond donors (Lipinski definition) is 3. The lowest BCUT2D eigenvalue weighted by Crippen LogP contribution is -2.45. The van der Waals surface area contributed by atoms with Gasteiger partial charge in [-0.1, -0.05) is 184 Å². The van der Waals surface area contributed by atoms with Gasteiger partial charge in [0.25, 0.3) is 0 Å². The van der Waals surface area contributed by atoms with Crippen molar-refractivity contribution in [2.45, 2.75) is 225 Å². The van der Waals surface area contributed by atoms with Crippen molar-refractivity contribution < 1.29 is 32.9 Å². The minimum Gasteiger partial charge on any atom is -0.387 e. The molecule has 9 heteroatoms. The van der Waals surface area contributed by atoms with E-state index in [4.69, 9.17) is 9.05 Å². The third kappa shape index (κ3) is 44.3. The van der Waals surface area contributed by atoms with Crippen LogP contribution in [0.3, 0.4) is 0 Å². The quantitative estimate of drug-likeness (QED) is 0.0244. The Morgan fingerprint density at radius 2 is 0.932 bits per heavy atom. The Balaban J connectivity index is 4.43. The molecule has 0 rings (SSSR count). The molecule has 59 heavy (non-hydrogen) atoms. The number of nitrogens with zero attached hydrogens (tertiary/aromatic N) is 1. The number of likely N-dealkylation sites (N-methyl/N-ethyl adjacent to an activating group) is 1. The van der Waals surface area contributed by atoms with E-state index in [1.54, 1.807) is 6.08 Å². The number of rotatable bonds is 44. The van der Waals surface area contributed by atoms with Gasteiger partial charge in [-0.05, 0) is 70.6 Å². The zero-order chi connectivity index (χ0) is 43.6. The van der Waals surface area contributed by atoms with Crippen molar-refractivity contribution in [3.8, 4) is 0 Å². The van der Waals surface area contributed by atoms with E-state index in [1.165, 1.54) is 148 Å². The van der Waals surface area contributed by atoms with Crippen molar-refractivity contribution in [2.75, 3.05) is 40.9 Å². The molecule has 0 aromatic rings. The zero-order valence-corrected chi connectivity index (χ0v) is 40.1. The first-order chi connectivity index (χ1) is 28.5. The molecule has 0 saturated heterocycles. The van der Waals surface area contributed by atoms with Crippen molar-refractivity contribution in [1.82, 2.24) is 5.32 Å². The molecule has 0 radical (unpaired) electrons. The van der Waals surface area contributed by atoms with Gasteiger partial charge >= 0.3 is 7.82 Å². The maximum Gasteiger partial charge on any atom is 0.472 e. The Hall–Kier alpha value is -1.54. The summed E-state index contributed by atoms with van der Waals surface area (Å²) in [4.78, 5) is 23.2. The Morgan fingerprint density at radius 3 is 1.36 bits per heavy atom. The zero-order valence-electron chi connectivity index (χ0n) is 39.2. The highest BCUT2D eigenvalue weighted by atomic mass is 31.2. The number of carbonyl (C=O) groups excluding carboxylic acids is 1. The van der Waals surface area contributed by atoms with Crippen LogP contribution < -0.4 is 5.32 Å². The number of unbranched alkanes of at least 4 members (excludes halogenated alkanes) is 25. The SMILES string of the molecule is CCCCCCCC/C=C\CCCCCCCCCCCC(=O)NC(COP(=O)(O)OCC[N+](C)(C)C)C(O)/C=C/CC/C=C/CC/C=C/CCCCCCCCCC. The fraction of sp³-hybridized carbons (Fsp3) is 0.820. The number of aliphatic hydroxyl groups is 1. The molecule has 3 N–H and O–H groups in total. The van der Waals surface area contributed by atoms with E-state index in [0.29, 0.717) is 17.4 Å². The largest absolute Gasteiger partial charge is 0.472 e. The standard InChI is InChI=1S/C50H95N2O6P/c1-6-8-10-12-14-16-18-20-22-24-26-28-30-32-34-36-38-40-42-44-50(54)51-48(47-58-59(55,56)57-46-45-52(3,4)5)49(53)43-41-39-37-35-33-31-29-27-25-23-21-19-17-15-13-11-9-7-2/h20,22,25,27,33,35,41,43,48-49,53H,6-19,21,23-24,26,28-32,34,36-40,42,44-47H2,1-5H3,(H-,51,54,55,56)/p+1/b22-20-,27-25+,35-33+,43-41+. The average molecular weight is 852 g/mol. The molecule has 0 saturated carbocycles. The first-order valence-corrected chi connectivity index (χ1v) is 26.0. The summed E-state index contributed by atoms with van der Waals surface area (Å²) < 4.78 is 23.6. The number of quaternary nitrogens is 1. The summed E-state index contributed by atoms with van der Waals surface area (Å²) in [6.45, 7) is 4.78. The maximum atomic E-state index is 12.9. The van der Waals surface area contributed by atoms with Crippen molar-refractivity contribution in [2.24, 2.45) is 0 Å². The lowest BCUT2D eigenvalue weighted by molar-refractivity contribution is -0.870. The van der Waals surface area contributed by atoms with Gasteiger partial charge in [0, 0.05) is 6.42 Å². The molecule has 0 fully saturated rings. The van der Waals surface area contributed by atoms with Gasteiger partial charge in [0.2, 0.25) is 5.91 Å². The van der Waals surface area contributed by atoms with E-state index in [9.17, 15) is 19.4 Å². The molecule has 0 aromatic heterocycles. The fourth-order valence-corrected chi connectivity index (χ4v) is 7.57. The van der Waals surface area contributed by atoms with Gasteiger partial charge in [-0.3, -0.25) is 13.8 Å². The van der Waals surface area contributed by atoms with Crippen LogP contribution in [0.1, 0.15) is 213 Å². The molecule has 1 amide bonds. The Kier molecular flexibility index (Phi) is 40.7. The van der Waals surface area contributed by atoms with E-state index >= 15 is 0 Å². The molecule has 346 valence electrons. The first-order valence-electron chi connectivity index (χ1n) is 24.5. The van der Waals surface area contributed by atoms with Gasteiger partial charge in [-0.2, -0.15) is 0 Å². The van der Waals surface area contributed by atoms with Crippen LogP contribution in [0.4, 0.5) is 0 Å². The third-order valence-corrected chi connectivity index (χ3v) is 11.7. The first kappa shape index (κ1) is 57.5. The molecular formula is C50H96N2O6P+. The van der Waals surface area contributed by atoms with Gasteiger partial charge in [-0.25, -0.2) is 4.57 Å². The van der Waals surface area contributed by atoms with Crippen molar-refractivity contribution in [3.05, 3.63) is 48.6 Å². The van der Waals surface area contributed by atoms with Crippen molar-refractivity contribution >= 4 is 13.7 Å². The highest BCUT2D eigenvalue weighted by molar-refractivity contribution is 7.47. The smallest absolute Gasteiger partial charge is 0.387 e. The second-order valence-electron chi connectivity index (χ2n) is 17.8. The Labute approximate surface area is 365 Å². The predicted octanol–water partition coefficient (Wildman–Crippen LogP) is 14.0. The van der Waals surface area contributed by atoms with Gasteiger partial charge in [0.15, 0.2) is 0 Å². The highest BCUT2D eigenvalue weighted by Gasteiger charge is 2.27. The summed E-state index contributed by atoms with van der Waals surface area (Å²) in [5.74, 6) is -0.194. The summed E-state index contributed by atoms with van der Waals surface area (Å²) in [6.07, 6.45) is 53.3. The second kappa shape index (κ2) is 41.8. The molecular weight excluding hydrogens is 756 g/mol. The van der Waals surface area contributed by atoms with E-state index in [-0.39, 0.29) is 19.1 Å². The Morgan fingerprint density at radius 1 is 0.559 bits per heavy atom. The minimum absolute atomic E-state index is 0.0525. The van der Waals surface area contributed by atoms with Gasteiger partial charge in [0.1, 0.15) is 13.2 Å². The summed E-state index contributed by atoms with van der Waals surface area (Å²) in [5.41, 5.74) is 0. The van der Waals surface area contributed by atoms with Crippen LogP contribution in [0, 0.1) is 0 Å². The number of aliphatic hydroxyl groups excluding tert-OH is 1. The van der Waals surface area contributed by atoms with E-state index in [1.807, 2.05) is 27.2 Å². The summed E-state index contributed by atoms with van der Waals surface area (Å²) >= 11 is 0. The number of amides is 1. The van der Waals surface area contributed by atoms with Crippen LogP contribution in [-0.2, 0) is 18.4 Å². The monoisotopic (exact) mass is 852 g/mol. The number of nitrogens with one attached hydrogen (secondary N) is 1. The fourth-order valence-electron chi connectivity index (χ4n) is 6.83. The minimum atomic E-state index is -4.35. The van der Waals surface area contributed by atoms with E-state index in [0.717, 1.165) is 44.9 Å². The van der Waals surface area contributed by atoms with Gasteiger partial charge < -0.3 is 19.8 Å². The molecule has 8 nitrogen and oxygen atoms in total. The Bertz CT molecular complexity index is 1100. The molecule has 0 spiro atoms. The molecule has 0 heterocycles. The number of phosphoric ester groups is 1. The molecule has 0 aliphatic rings. The molecule has 0 aliphatic carbocycles. The second-order valence-corrected chi connectivity index (χ2v) is 19.3.